The summed E-state index contributed by atoms with van der Waals surface area (Å²) in [5.74, 6) is 1.53. The van der Waals surface area contributed by atoms with Gasteiger partial charge in [-0.1, -0.05) is 6.07 Å². The fourth-order valence-electron chi connectivity index (χ4n) is 3.56. The highest BCUT2D eigenvalue weighted by molar-refractivity contribution is 5.97. The van der Waals surface area contributed by atoms with E-state index >= 15 is 0 Å². The molecule has 5 rings (SSSR count). The maximum atomic E-state index is 5.94. The van der Waals surface area contributed by atoms with Crippen molar-refractivity contribution in [1.29, 1.82) is 0 Å². The van der Waals surface area contributed by atoms with Gasteiger partial charge in [0.2, 0.25) is 0 Å². The molecule has 1 atom stereocenters. The lowest BCUT2D eigenvalue weighted by molar-refractivity contribution is 0.299. The zero-order valence-electron chi connectivity index (χ0n) is 18.4. The van der Waals surface area contributed by atoms with Crippen molar-refractivity contribution in [3.8, 4) is 5.75 Å². The number of fused-ring (bicyclic) bond motifs is 1. The van der Waals surface area contributed by atoms with E-state index < -0.39 is 0 Å². The average molecular weight is 441 g/mol. The minimum Gasteiger partial charge on any atom is -0.487 e. The van der Waals surface area contributed by atoms with Gasteiger partial charge in [0.1, 0.15) is 31.1 Å². The molecule has 0 amide bonds. The molecular formula is C25H24N6O2. The van der Waals surface area contributed by atoms with Crippen LogP contribution in [0.2, 0.25) is 0 Å². The Hall–Kier alpha value is -4.20. The van der Waals surface area contributed by atoms with Crippen molar-refractivity contribution in [2.45, 2.75) is 26.5 Å². The van der Waals surface area contributed by atoms with Crippen LogP contribution in [0.1, 0.15) is 18.2 Å². The Morgan fingerprint density at radius 3 is 2.67 bits per heavy atom. The standard InChI is InChI=1S/C25H24N6O2/c1-16-11-18(7-9-23(16)32-14-20-5-3-4-10-26-20)30-24-21-12-19(6-8-22(21)27-15-28-24)31-25-29-17(2)13-33-25/h3-12,15,17H,13-14H2,1-2H3,(H,29,31)(H,27,28,30)/t17-/m1/s1. The summed E-state index contributed by atoms with van der Waals surface area (Å²) in [6.07, 6.45) is 3.32. The van der Waals surface area contributed by atoms with Crippen LogP contribution in [0.4, 0.5) is 17.2 Å². The fourth-order valence-corrected chi connectivity index (χ4v) is 3.56. The van der Waals surface area contributed by atoms with E-state index in [1.165, 1.54) is 0 Å². The molecule has 0 fully saturated rings. The van der Waals surface area contributed by atoms with Gasteiger partial charge >= 0.3 is 0 Å². The SMILES string of the molecule is Cc1cc(Nc2ncnc3ccc(NC4=N[C@H](C)CO4)cc23)ccc1OCc1ccccn1. The molecule has 8 heteroatoms. The maximum Gasteiger partial charge on any atom is 0.289 e. The Balaban J connectivity index is 1.34. The minimum absolute atomic E-state index is 0.160. The summed E-state index contributed by atoms with van der Waals surface area (Å²) in [5, 5.41) is 7.52. The highest BCUT2D eigenvalue weighted by Gasteiger charge is 2.15. The van der Waals surface area contributed by atoms with Crippen LogP contribution in [0.25, 0.3) is 10.9 Å². The summed E-state index contributed by atoms with van der Waals surface area (Å²) in [7, 11) is 0. The molecule has 0 saturated heterocycles. The maximum absolute atomic E-state index is 5.94. The molecule has 4 aromatic rings. The summed E-state index contributed by atoms with van der Waals surface area (Å²) in [6.45, 7) is 5.05. The van der Waals surface area contributed by atoms with Crippen LogP contribution in [0.15, 0.2) is 72.1 Å². The fraction of sp³-hybridized carbons (Fsp3) is 0.200. The number of rotatable bonds is 6. The van der Waals surface area contributed by atoms with Crippen molar-refractivity contribution in [3.05, 3.63) is 78.4 Å². The molecule has 0 aliphatic carbocycles. The van der Waals surface area contributed by atoms with E-state index in [0.717, 1.165) is 39.3 Å². The van der Waals surface area contributed by atoms with Gasteiger partial charge < -0.3 is 20.1 Å². The highest BCUT2D eigenvalue weighted by Crippen LogP contribution is 2.29. The van der Waals surface area contributed by atoms with Crippen molar-refractivity contribution in [3.63, 3.8) is 0 Å². The largest absolute Gasteiger partial charge is 0.487 e. The number of amidine groups is 1. The molecule has 0 bridgehead atoms. The van der Waals surface area contributed by atoms with Gasteiger partial charge in [-0.3, -0.25) is 4.98 Å². The Morgan fingerprint density at radius 1 is 1.00 bits per heavy atom. The summed E-state index contributed by atoms with van der Waals surface area (Å²) in [4.78, 5) is 17.6. The van der Waals surface area contributed by atoms with E-state index in [2.05, 4.69) is 30.6 Å². The van der Waals surface area contributed by atoms with Crippen LogP contribution in [0, 0.1) is 6.92 Å². The second kappa shape index (κ2) is 9.12. The second-order valence-corrected chi connectivity index (χ2v) is 7.89. The third kappa shape index (κ3) is 4.85. The third-order valence-corrected chi connectivity index (χ3v) is 5.22. The van der Waals surface area contributed by atoms with E-state index in [0.29, 0.717) is 25.1 Å². The van der Waals surface area contributed by atoms with E-state index in [1.54, 1.807) is 12.5 Å². The van der Waals surface area contributed by atoms with Crippen molar-refractivity contribution in [1.82, 2.24) is 15.0 Å². The number of nitrogens with one attached hydrogen (secondary N) is 2. The topological polar surface area (TPSA) is 93.6 Å². The first-order valence-corrected chi connectivity index (χ1v) is 10.8. The predicted molar refractivity (Wildman–Crippen MR) is 129 cm³/mol. The molecule has 0 unspecified atom stereocenters. The van der Waals surface area contributed by atoms with Crippen molar-refractivity contribution in [2.75, 3.05) is 17.2 Å². The van der Waals surface area contributed by atoms with Crippen molar-refractivity contribution >= 4 is 34.1 Å². The summed E-state index contributed by atoms with van der Waals surface area (Å²) in [6, 6.07) is 18.3. The molecule has 1 aliphatic rings. The normalized spacial score (nSPS) is 15.1. The smallest absolute Gasteiger partial charge is 0.289 e. The van der Waals surface area contributed by atoms with Gasteiger partial charge in [-0.05, 0) is 67.9 Å². The number of aliphatic imine (C=N–C) groups is 1. The first-order chi connectivity index (χ1) is 16.1. The van der Waals surface area contributed by atoms with Crippen molar-refractivity contribution < 1.29 is 9.47 Å². The van der Waals surface area contributed by atoms with Gasteiger partial charge in [0.25, 0.3) is 6.02 Å². The number of nitrogens with zero attached hydrogens (tertiary/aromatic N) is 4. The molecule has 2 aromatic heterocycles. The first kappa shape index (κ1) is 20.7. The van der Waals surface area contributed by atoms with Crippen LogP contribution in [0.5, 0.6) is 5.75 Å². The lowest BCUT2D eigenvalue weighted by Crippen LogP contribution is -2.11. The number of hydrogen-bond acceptors (Lipinski definition) is 8. The zero-order chi connectivity index (χ0) is 22.6. The number of pyridine rings is 1. The predicted octanol–water partition coefficient (Wildman–Crippen LogP) is 4.84. The molecule has 0 saturated carbocycles. The lowest BCUT2D eigenvalue weighted by atomic mass is 10.1. The minimum atomic E-state index is 0.160. The third-order valence-electron chi connectivity index (χ3n) is 5.22. The number of aryl methyl sites for hydroxylation is 1. The van der Waals surface area contributed by atoms with Gasteiger partial charge in [0, 0.05) is 23.0 Å². The van der Waals surface area contributed by atoms with E-state index in [4.69, 9.17) is 9.47 Å². The number of anilines is 3. The van der Waals surface area contributed by atoms with Gasteiger partial charge in [-0.2, -0.15) is 0 Å². The quantitative estimate of drug-likeness (QED) is 0.443. The molecule has 33 heavy (non-hydrogen) atoms. The van der Waals surface area contributed by atoms with Crippen molar-refractivity contribution in [2.24, 2.45) is 4.99 Å². The summed E-state index contributed by atoms with van der Waals surface area (Å²) >= 11 is 0. The number of benzene rings is 2. The molecule has 3 heterocycles. The second-order valence-electron chi connectivity index (χ2n) is 7.89. The van der Waals surface area contributed by atoms with E-state index in [-0.39, 0.29) is 6.04 Å². The molecule has 0 spiro atoms. The molecule has 2 aromatic carbocycles. The Kier molecular flexibility index (Phi) is 5.72. The van der Waals surface area contributed by atoms with E-state index in [9.17, 15) is 0 Å². The van der Waals surface area contributed by atoms with Crippen LogP contribution >= 0.6 is 0 Å². The summed E-state index contributed by atoms with van der Waals surface area (Å²) in [5.41, 5.74) is 4.52. The number of ether oxygens (including phenoxy) is 2. The first-order valence-electron chi connectivity index (χ1n) is 10.8. The molecule has 0 radical (unpaired) electrons. The monoisotopic (exact) mass is 440 g/mol. The molecular weight excluding hydrogens is 416 g/mol. The Bertz CT molecular complexity index is 1310. The van der Waals surface area contributed by atoms with Crippen LogP contribution in [0.3, 0.4) is 0 Å². The lowest BCUT2D eigenvalue weighted by Gasteiger charge is -2.13. The average Bonchev–Trinajstić information content (AvgIpc) is 3.24. The van der Waals surface area contributed by atoms with E-state index in [1.807, 2.05) is 68.4 Å². The number of hydrogen-bond donors (Lipinski definition) is 2. The van der Waals surface area contributed by atoms with Gasteiger partial charge in [-0.25, -0.2) is 15.0 Å². The summed E-state index contributed by atoms with van der Waals surface area (Å²) < 4.78 is 11.5. The van der Waals surface area contributed by atoms with Crippen LogP contribution in [-0.2, 0) is 11.3 Å². The number of aromatic nitrogens is 3. The Labute approximate surface area is 191 Å². The zero-order valence-corrected chi connectivity index (χ0v) is 18.4. The van der Waals surface area contributed by atoms with Gasteiger partial charge in [0.15, 0.2) is 0 Å². The molecule has 166 valence electrons. The highest BCUT2D eigenvalue weighted by atomic mass is 16.5. The molecule has 1 aliphatic heterocycles. The molecule has 8 nitrogen and oxygen atoms in total. The Morgan fingerprint density at radius 2 is 1.88 bits per heavy atom. The van der Waals surface area contributed by atoms with Crippen LogP contribution in [-0.4, -0.2) is 33.6 Å². The van der Waals surface area contributed by atoms with Crippen LogP contribution < -0.4 is 15.4 Å². The van der Waals surface area contributed by atoms with Gasteiger partial charge in [0.05, 0.1) is 17.3 Å². The molecule has 2 N–H and O–H groups in total. The van der Waals surface area contributed by atoms with Gasteiger partial charge in [-0.15, -0.1) is 0 Å².